The Kier molecular flexibility index (Phi) is 6.27. The number of rotatable bonds is 6. The van der Waals surface area contributed by atoms with E-state index in [0.29, 0.717) is 24.7 Å². The monoisotopic (exact) mass is 392 g/mol. The molecule has 4 nitrogen and oxygen atoms in total. The lowest BCUT2D eigenvalue weighted by Gasteiger charge is -2.31. The Hall–Kier alpha value is -1.56. The van der Waals surface area contributed by atoms with Crippen LogP contribution in [0.1, 0.15) is 31.9 Å². The van der Waals surface area contributed by atoms with E-state index >= 15 is 0 Å². The normalized spacial score (nSPS) is 11.6. The molecule has 0 aliphatic rings. The molecule has 0 unspecified atom stereocenters. The highest BCUT2D eigenvalue weighted by Crippen LogP contribution is 2.35. The first-order chi connectivity index (χ1) is 11.3. The first-order valence-corrected chi connectivity index (χ1v) is 8.66. The minimum atomic E-state index is -0.121. The maximum Gasteiger partial charge on any atom is 0.162 e. The van der Waals surface area contributed by atoms with Gasteiger partial charge in [-0.2, -0.15) is 0 Å². The Morgan fingerprint density at radius 3 is 2.33 bits per heavy atom. The van der Waals surface area contributed by atoms with E-state index in [0.717, 1.165) is 15.6 Å². The van der Waals surface area contributed by atoms with Gasteiger partial charge in [0.2, 0.25) is 0 Å². The fourth-order valence-corrected chi connectivity index (χ4v) is 2.57. The van der Waals surface area contributed by atoms with E-state index < -0.39 is 0 Å². The summed E-state index contributed by atoms with van der Waals surface area (Å²) >= 11 is 3.60. The third kappa shape index (κ3) is 4.97. The van der Waals surface area contributed by atoms with Gasteiger partial charge in [-0.25, -0.2) is 5.01 Å². The Morgan fingerprint density at radius 1 is 1.08 bits per heavy atom. The molecule has 0 spiro atoms. The maximum absolute atomic E-state index is 6.18. The van der Waals surface area contributed by atoms with Gasteiger partial charge in [-0.05, 0) is 44.0 Å². The van der Waals surface area contributed by atoms with Crippen LogP contribution in [0.4, 0.5) is 0 Å². The number of nitrogens with two attached hydrogens (primary N) is 1. The van der Waals surface area contributed by atoms with Crippen molar-refractivity contribution in [2.24, 2.45) is 5.84 Å². The zero-order valence-electron chi connectivity index (χ0n) is 14.7. The van der Waals surface area contributed by atoms with Gasteiger partial charge < -0.3 is 9.47 Å². The van der Waals surface area contributed by atoms with Crippen molar-refractivity contribution in [3.63, 3.8) is 0 Å². The maximum atomic E-state index is 6.18. The molecule has 130 valence electrons. The van der Waals surface area contributed by atoms with Gasteiger partial charge in [-0.3, -0.25) is 5.84 Å². The average molecular weight is 393 g/mol. The second kappa shape index (κ2) is 8.01. The van der Waals surface area contributed by atoms with Crippen LogP contribution >= 0.6 is 15.9 Å². The van der Waals surface area contributed by atoms with Crippen LogP contribution in [-0.2, 0) is 13.2 Å². The number of hydrogen-bond donors (Lipinski definition) is 1. The third-order valence-electron chi connectivity index (χ3n) is 3.77. The topological polar surface area (TPSA) is 47.7 Å². The van der Waals surface area contributed by atoms with Gasteiger partial charge in [0, 0.05) is 16.6 Å². The van der Waals surface area contributed by atoms with Crippen LogP contribution in [0.15, 0.2) is 46.9 Å². The van der Waals surface area contributed by atoms with Crippen LogP contribution in [0, 0.1) is 0 Å². The molecule has 0 aliphatic heterocycles. The second-order valence-corrected chi connectivity index (χ2v) is 7.52. The zero-order chi connectivity index (χ0) is 17.7. The van der Waals surface area contributed by atoms with E-state index in [9.17, 15) is 0 Å². The van der Waals surface area contributed by atoms with E-state index in [-0.39, 0.29) is 5.54 Å². The first kappa shape index (κ1) is 18.8. The minimum Gasteiger partial charge on any atom is -0.493 e. The summed E-state index contributed by atoms with van der Waals surface area (Å²) in [5, 5.41) is 1.81. The Labute approximate surface area is 152 Å². The molecule has 2 N–H and O–H groups in total. The molecule has 2 aromatic rings. The van der Waals surface area contributed by atoms with Gasteiger partial charge >= 0.3 is 0 Å². The molecule has 0 fully saturated rings. The van der Waals surface area contributed by atoms with Crippen molar-refractivity contribution in [3.05, 3.63) is 58.1 Å². The lowest BCUT2D eigenvalue weighted by Crippen LogP contribution is -2.45. The van der Waals surface area contributed by atoms with Crippen molar-refractivity contribution in [2.45, 2.75) is 39.5 Å². The molecule has 0 bridgehead atoms. The number of ether oxygens (including phenoxy) is 2. The van der Waals surface area contributed by atoms with Gasteiger partial charge in [0.15, 0.2) is 11.5 Å². The minimum absolute atomic E-state index is 0.121. The van der Waals surface area contributed by atoms with E-state index in [2.05, 4.69) is 36.7 Å². The molecule has 2 aromatic carbocycles. The molecule has 5 heteroatoms. The van der Waals surface area contributed by atoms with Crippen molar-refractivity contribution < 1.29 is 9.47 Å². The molecular weight excluding hydrogens is 368 g/mol. The number of methoxy groups -OCH3 is 1. The summed E-state index contributed by atoms with van der Waals surface area (Å²) in [6.45, 7) is 7.34. The standard InChI is InChI=1S/C19H25BrN2O2/c1-19(2,3)22(21)12-15-10-18(17(23-4)11-16(15)20)24-13-14-8-6-5-7-9-14/h5-11H,12-13,21H2,1-4H3. The van der Waals surface area contributed by atoms with Crippen molar-refractivity contribution >= 4 is 15.9 Å². The molecule has 24 heavy (non-hydrogen) atoms. The lowest BCUT2D eigenvalue weighted by molar-refractivity contribution is 0.129. The number of halogens is 1. The molecule has 0 radical (unpaired) electrons. The highest BCUT2D eigenvalue weighted by atomic mass is 79.9. The summed E-state index contributed by atoms with van der Waals surface area (Å²) in [6, 6.07) is 14.0. The Balaban J connectivity index is 2.21. The van der Waals surface area contributed by atoms with Crippen LogP contribution in [0.25, 0.3) is 0 Å². The predicted molar refractivity (Wildman–Crippen MR) is 101 cm³/mol. The van der Waals surface area contributed by atoms with Crippen molar-refractivity contribution in [1.82, 2.24) is 5.01 Å². The van der Waals surface area contributed by atoms with Crippen LogP contribution in [-0.4, -0.2) is 17.7 Å². The summed E-state index contributed by atoms with van der Waals surface area (Å²) < 4.78 is 12.4. The van der Waals surface area contributed by atoms with E-state index in [1.807, 2.05) is 42.5 Å². The molecular formula is C19H25BrN2O2. The fourth-order valence-electron chi connectivity index (χ4n) is 2.13. The molecule has 0 saturated heterocycles. The summed E-state index contributed by atoms with van der Waals surface area (Å²) in [6.07, 6.45) is 0. The van der Waals surface area contributed by atoms with Crippen LogP contribution < -0.4 is 15.3 Å². The van der Waals surface area contributed by atoms with Gasteiger partial charge in [0.1, 0.15) is 6.61 Å². The highest BCUT2D eigenvalue weighted by molar-refractivity contribution is 9.10. The second-order valence-electron chi connectivity index (χ2n) is 6.67. The molecule has 0 amide bonds. The predicted octanol–water partition coefficient (Wildman–Crippen LogP) is 4.51. The van der Waals surface area contributed by atoms with Crippen LogP contribution in [0.2, 0.25) is 0 Å². The smallest absolute Gasteiger partial charge is 0.162 e. The van der Waals surface area contributed by atoms with Crippen LogP contribution in [0.5, 0.6) is 11.5 Å². The van der Waals surface area contributed by atoms with Gasteiger partial charge in [-0.1, -0.05) is 46.3 Å². The summed E-state index contributed by atoms with van der Waals surface area (Å²) in [4.78, 5) is 0. The fraction of sp³-hybridized carbons (Fsp3) is 0.368. The number of hydrazine groups is 1. The Bertz CT molecular complexity index is 669. The van der Waals surface area contributed by atoms with Gasteiger partial charge in [-0.15, -0.1) is 0 Å². The van der Waals surface area contributed by atoms with E-state index in [1.54, 1.807) is 12.1 Å². The molecule has 0 saturated carbocycles. The van der Waals surface area contributed by atoms with Gasteiger partial charge in [0.05, 0.1) is 7.11 Å². The highest BCUT2D eigenvalue weighted by Gasteiger charge is 2.20. The molecule has 2 rings (SSSR count). The van der Waals surface area contributed by atoms with Crippen molar-refractivity contribution in [3.8, 4) is 11.5 Å². The molecule has 0 aliphatic carbocycles. The van der Waals surface area contributed by atoms with Crippen molar-refractivity contribution in [2.75, 3.05) is 7.11 Å². The zero-order valence-corrected chi connectivity index (χ0v) is 16.3. The third-order valence-corrected chi connectivity index (χ3v) is 4.51. The largest absolute Gasteiger partial charge is 0.493 e. The summed E-state index contributed by atoms with van der Waals surface area (Å²) in [5.41, 5.74) is 2.04. The number of hydrogen-bond acceptors (Lipinski definition) is 4. The summed E-state index contributed by atoms with van der Waals surface area (Å²) in [5.74, 6) is 7.58. The van der Waals surface area contributed by atoms with E-state index in [1.165, 1.54) is 0 Å². The quantitative estimate of drug-likeness (QED) is 0.580. The molecule has 0 aromatic heterocycles. The lowest BCUT2D eigenvalue weighted by atomic mass is 10.1. The van der Waals surface area contributed by atoms with Crippen molar-refractivity contribution in [1.29, 1.82) is 0 Å². The first-order valence-electron chi connectivity index (χ1n) is 7.86. The average Bonchev–Trinajstić information content (AvgIpc) is 2.55. The van der Waals surface area contributed by atoms with Crippen LogP contribution in [0.3, 0.4) is 0 Å². The Morgan fingerprint density at radius 2 is 1.75 bits per heavy atom. The number of nitrogens with zero attached hydrogens (tertiary/aromatic N) is 1. The van der Waals surface area contributed by atoms with Gasteiger partial charge in [0.25, 0.3) is 0 Å². The SMILES string of the molecule is COc1cc(Br)c(CN(N)C(C)(C)C)cc1OCc1ccccc1. The summed E-state index contributed by atoms with van der Waals surface area (Å²) in [7, 11) is 1.64. The van der Waals surface area contributed by atoms with E-state index in [4.69, 9.17) is 15.3 Å². The molecule has 0 atom stereocenters. The number of benzene rings is 2. The molecule has 0 heterocycles.